The van der Waals surface area contributed by atoms with Crippen molar-refractivity contribution in [2.75, 3.05) is 31.0 Å². The molecule has 2 aromatic rings. The minimum atomic E-state index is -0.897. The van der Waals surface area contributed by atoms with Crippen molar-refractivity contribution in [3.8, 4) is 23.8 Å². The van der Waals surface area contributed by atoms with Crippen LogP contribution in [0.4, 0.5) is 11.4 Å². The number of benzene rings is 2. The van der Waals surface area contributed by atoms with Gasteiger partial charge in [0.15, 0.2) is 0 Å². The monoisotopic (exact) mass is 511 g/mol. The molecule has 0 radical (unpaired) electrons. The van der Waals surface area contributed by atoms with Gasteiger partial charge in [0.25, 0.3) is 0 Å². The molecule has 0 bridgehead atoms. The standard InChI is InChI=1S/C28H34ClN3O4/c1-7-25(33)32(20-11-13-23(22(29)14-20)30-16-18-8-9-18)26(28(2,3)4)27(34)31-17-19-10-12-21(35-5)15-24(19)36-6/h1,10-15,18,26,30H,8-9,16-17H2,2-6H3,(H,31,34). The molecule has 1 aliphatic rings. The number of nitrogens with one attached hydrogen (secondary N) is 2. The van der Waals surface area contributed by atoms with E-state index in [0.717, 1.165) is 17.8 Å². The van der Waals surface area contributed by atoms with Crippen LogP contribution in [0, 0.1) is 23.7 Å². The first-order chi connectivity index (χ1) is 17.1. The lowest BCUT2D eigenvalue weighted by Gasteiger charge is -2.38. The van der Waals surface area contributed by atoms with Crippen molar-refractivity contribution in [3.05, 3.63) is 47.0 Å². The Balaban J connectivity index is 1.88. The summed E-state index contributed by atoms with van der Waals surface area (Å²) in [5.74, 6) is 3.11. The van der Waals surface area contributed by atoms with Crippen molar-refractivity contribution in [3.63, 3.8) is 0 Å². The van der Waals surface area contributed by atoms with Gasteiger partial charge in [0.1, 0.15) is 17.5 Å². The molecular weight excluding hydrogens is 478 g/mol. The van der Waals surface area contributed by atoms with E-state index in [1.807, 2.05) is 32.9 Å². The van der Waals surface area contributed by atoms with Crippen LogP contribution in [0.25, 0.3) is 0 Å². The van der Waals surface area contributed by atoms with E-state index in [4.69, 9.17) is 27.5 Å². The highest BCUT2D eigenvalue weighted by Crippen LogP contribution is 2.35. The highest BCUT2D eigenvalue weighted by atomic mass is 35.5. The van der Waals surface area contributed by atoms with Gasteiger partial charge in [-0.15, -0.1) is 6.42 Å². The zero-order valence-corrected chi connectivity index (χ0v) is 22.2. The van der Waals surface area contributed by atoms with Crippen LogP contribution in [0.3, 0.4) is 0 Å². The van der Waals surface area contributed by atoms with Gasteiger partial charge in [0.05, 0.1) is 24.9 Å². The lowest BCUT2D eigenvalue weighted by atomic mass is 9.84. The summed E-state index contributed by atoms with van der Waals surface area (Å²) < 4.78 is 10.7. The van der Waals surface area contributed by atoms with Crippen molar-refractivity contribution in [2.24, 2.45) is 11.3 Å². The Morgan fingerprint density at radius 2 is 1.89 bits per heavy atom. The number of anilines is 2. The maximum atomic E-state index is 13.6. The quantitative estimate of drug-likeness (QED) is 0.444. The first kappa shape index (κ1) is 27.2. The Bertz CT molecular complexity index is 1150. The number of halogens is 1. The molecule has 0 saturated heterocycles. The highest BCUT2D eigenvalue weighted by Gasteiger charge is 2.40. The van der Waals surface area contributed by atoms with Gasteiger partial charge in [-0.25, -0.2) is 0 Å². The first-order valence-electron chi connectivity index (χ1n) is 11.9. The fourth-order valence-corrected chi connectivity index (χ4v) is 4.24. The number of carbonyl (C=O) groups excluding carboxylic acids is 2. The predicted octanol–water partition coefficient (Wildman–Crippen LogP) is 4.88. The molecule has 8 heteroatoms. The molecule has 2 amide bonds. The van der Waals surface area contributed by atoms with Crippen molar-refractivity contribution < 1.29 is 19.1 Å². The van der Waals surface area contributed by atoms with Crippen LogP contribution in [0.2, 0.25) is 5.02 Å². The maximum Gasteiger partial charge on any atom is 0.303 e. The predicted molar refractivity (Wildman–Crippen MR) is 144 cm³/mol. The largest absolute Gasteiger partial charge is 0.497 e. The summed E-state index contributed by atoms with van der Waals surface area (Å²) in [4.78, 5) is 27.9. The molecule has 1 unspecified atom stereocenters. The average molecular weight is 512 g/mol. The van der Waals surface area contributed by atoms with Crippen LogP contribution in [0.15, 0.2) is 36.4 Å². The SMILES string of the molecule is C#CC(=O)N(c1ccc(NCC2CC2)c(Cl)c1)C(C(=O)NCc1ccc(OC)cc1OC)C(C)(C)C. The summed E-state index contributed by atoms with van der Waals surface area (Å²) in [6.45, 7) is 6.70. The first-order valence-corrected chi connectivity index (χ1v) is 12.3. The molecular formula is C28H34ClN3O4. The van der Waals surface area contributed by atoms with Gasteiger partial charge >= 0.3 is 5.91 Å². The van der Waals surface area contributed by atoms with Gasteiger partial charge in [-0.3, -0.25) is 14.5 Å². The molecule has 192 valence electrons. The Kier molecular flexibility index (Phi) is 8.75. The topological polar surface area (TPSA) is 79.9 Å². The van der Waals surface area contributed by atoms with E-state index in [-0.39, 0.29) is 12.5 Å². The number of amides is 2. The van der Waals surface area contributed by atoms with E-state index >= 15 is 0 Å². The third kappa shape index (κ3) is 6.64. The molecule has 1 fully saturated rings. The summed E-state index contributed by atoms with van der Waals surface area (Å²) in [6, 6.07) is 9.71. The summed E-state index contributed by atoms with van der Waals surface area (Å²) in [7, 11) is 3.13. The lowest BCUT2D eigenvalue weighted by Crippen LogP contribution is -2.55. The molecule has 2 N–H and O–H groups in total. The molecule has 2 aromatic carbocycles. The Labute approximate surface area is 218 Å². The zero-order valence-electron chi connectivity index (χ0n) is 21.5. The molecule has 0 spiro atoms. The fourth-order valence-electron chi connectivity index (χ4n) is 4.00. The van der Waals surface area contributed by atoms with E-state index in [1.54, 1.807) is 38.5 Å². The lowest BCUT2D eigenvalue weighted by molar-refractivity contribution is -0.127. The molecule has 36 heavy (non-hydrogen) atoms. The highest BCUT2D eigenvalue weighted by molar-refractivity contribution is 6.33. The van der Waals surface area contributed by atoms with E-state index < -0.39 is 17.4 Å². The number of carbonyl (C=O) groups is 2. The fraction of sp³-hybridized carbons (Fsp3) is 0.429. The summed E-state index contributed by atoms with van der Waals surface area (Å²) in [5, 5.41) is 6.75. The molecule has 1 atom stereocenters. The van der Waals surface area contributed by atoms with Gasteiger partial charge in [-0.05, 0) is 60.4 Å². The van der Waals surface area contributed by atoms with Crippen molar-refractivity contribution >= 4 is 34.8 Å². The minimum absolute atomic E-state index is 0.196. The normalized spacial score (nSPS) is 13.8. The smallest absolute Gasteiger partial charge is 0.303 e. The number of hydrogen-bond donors (Lipinski definition) is 2. The minimum Gasteiger partial charge on any atom is -0.497 e. The van der Waals surface area contributed by atoms with Crippen LogP contribution < -0.4 is 25.0 Å². The third-order valence-electron chi connectivity index (χ3n) is 6.13. The van der Waals surface area contributed by atoms with Gasteiger partial charge in [-0.1, -0.05) is 32.4 Å². The van der Waals surface area contributed by atoms with E-state index in [2.05, 4.69) is 16.6 Å². The van der Waals surface area contributed by atoms with Crippen molar-refractivity contribution in [1.29, 1.82) is 0 Å². The third-order valence-corrected chi connectivity index (χ3v) is 6.44. The van der Waals surface area contributed by atoms with Crippen LogP contribution in [-0.4, -0.2) is 38.6 Å². The van der Waals surface area contributed by atoms with Crippen molar-refractivity contribution in [1.82, 2.24) is 5.32 Å². The summed E-state index contributed by atoms with van der Waals surface area (Å²) in [5.41, 5.74) is 1.36. The van der Waals surface area contributed by atoms with Gasteiger partial charge in [0.2, 0.25) is 5.91 Å². The van der Waals surface area contributed by atoms with Crippen molar-refractivity contribution in [2.45, 2.75) is 46.2 Å². The van der Waals surface area contributed by atoms with E-state index in [1.165, 1.54) is 17.7 Å². The van der Waals surface area contributed by atoms with Crippen LogP contribution in [0.1, 0.15) is 39.2 Å². The van der Waals surface area contributed by atoms with Gasteiger partial charge < -0.3 is 20.1 Å². The second kappa shape index (κ2) is 11.6. The molecule has 3 rings (SSSR count). The zero-order chi connectivity index (χ0) is 26.5. The molecule has 1 aliphatic carbocycles. The second-order valence-electron chi connectivity index (χ2n) is 9.97. The number of nitrogens with zero attached hydrogens (tertiary/aromatic N) is 1. The Hall–Kier alpha value is -3.37. The molecule has 7 nitrogen and oxygen atoms in total. The molecule has 0 heterocycles. The summed E-state index contributed by atoms with van der Waals surface area (Å²) >= 11 is 6.55. The Morgan fingerprint density at radius 3 is 2.44 bits per heavy atom. The number of ether oxygens (including phenoxy) is 2. The van der Waals surface area contributed by atoms with Gasteiger partial charge in [0, 0.05) is 30.4 Å². The maximum absolute atomic E-state index is 13.6. The van der Waals surface area contributed by atoms with Crippen LogP contribution in [0.5, 0.6) is 11.5 Å². The molecule has 0 aromatic heterocycles. The number of hydrogen-bond acceptors (Lipinski definition) is 5. The van der Waals surface area contributed by atoms with E-state index in [9.17, 15) is 9.59 Å². The number of rotatable bonds is 10. The second-order valence-corrected chi connectivity index (χ2v) is 10.4. The number of terminal acetylenes is 1. The molecule has 1 saturated carbocycles. The Morgan fingerprint density at radius 1 is 1.17 bits per heavy atom. The van der Waals surface area contributed by atoms with Crippen LogP contribution >= 0.6 is 11.6 Å². The van der Waals surface area contributed by atoms with Gasteiger partial charge in [-0.2, -0.15) is 0 Å². The number of methoxy groups -OCH3 is 2. The average Bonchev–Trinajstić information content (AvgIpc) is 3.68. The van der Waals surface area contributed by atoms with Crippen LogP contribution in [-0.2, 0) is 16.1 Å². The summed E-state index contributed by atoms with van der Waals surface area (Å²) in [6.07, 6.45) is 7.97. The molecule has 0 aliphatic heterocycles. The van der Waals surface area contributed by atoms with E-state index in [0.29, 0.717) is 28.1 Å².